The zero-order valence-corrected chi connectivity index (χ0v) is 15.7. The van der Waals surface area contributed by atoms with E-state index in [1.165, 1.54) is 14.9 Å². The van der Waals surface area contributed by atoms with Gasteiger partial charge < -0.3 is 14.9 Å². The van der Waals surface area contributed by atoms with Gasteiger partial charge in [-0.3, -0.25) is 24.2 Å². The van der Waals surface area contributed by atoms with Crippen LogP contribution in [-0.2, 0) is 25.6 Å². The van der Waals surface area contributed by atoms with Crippen LogP contribution in [0.1, 0.15) is 18.4 Å². The number of nitrogens with zero attached hydrogens (tertiary/aromatic N) is 4. The Bertz CT molecular complexity index is 756. The molecule has 0 aromatic heterocycles. The number of fused-ring (bicyclic) bond motifs is 1. The number of amides is 3. The molecule has 1 N–H and O–H groups in total. The summed E-state index contributed by atoms with van der Waals surface area (Å²) in [6.07, 6.45) is 0.445. The van der Waals surface area contributed by atoms with E-state index in [0.717, 1.165) is 5.56 Å². The second kappa shape index (κ2) is 8.39. The van der Waals surface area contributed by atoms with E-state index in [9.17, 15) is 19.2 Å². The van der Waals surface area contributed by atoms with Gasteiger partial charge in [-0.1, -0.05) is 30.3 Å². The molecule has 0 radical (unpaired) electrons. The van der Waals surface area contributed by atoms with Crippen LogP contribution in [0.2, 0.25) is 0 Å². The summed E-state index contributed by atoms with van der Waals surface area (Å²) in [6.45, 7) is 0.599. The Kier molecular flexibility index (Phi) is 5.93. The molecule has 28 heavy (non-hydrogen) atoms. The van der Waals surface area contributed by atoms with E-state index in [-0.39, 0.29) is 37.7 Å². The second-order valence-corrected chi connectivity index (χ2v) is 7.05. The Morgan fingerprint density at radius 2 is 1.96 bits per heavy atom. The van der Waals surface area contributed by atoms with E-state index < -0.39 is 18.2 Å². The number of hydrazine groups is 1. The summed E-state index contributed by atoms with van der Waals surface area (Å²) < 4.78 is 0. The quantitative estimate of drug-likeness (QED) is 0.648. The lowest BCUT2D eigenvalue weighted by Gasteiger charge is -2.53. The Morgan fingerprint density at radius 3 is 2.61 bits per heavy atom. The molecule has 9 nitrogen and oxygen atoms in total. The summed E-state index contributed by atoms with van der Waals surface area (Å²) in [7, 11) is 1.64. The number of rotatable bonds is 7. The van der Waals surface area contributed by atoms with Crippen LogP contribution in [0, 0.1) is 0 Å². The van der Waals surface area contributed by atoms with Gasteiger partial charge in [-0.25, -0.2) is 5.01 Å². The molecule has 0 spiro atoms. The summed E-state index contributed by atoms with van der Waals surface area (Å²) in [6, 6.07) is 8.83. The Morgan fingerprint density at radius 1 is 1.25 bits per heavy atom. The lowest BCUT2D eigenvalue weighted by atomic mass is 10.0. The van der Waals surface area contributed by atoms with Crippen molar-refractivity contribution in [2.45, 2.75) is 31.5 Å². The van der Waals surface area contributed by atoms with Crippen molar-refractivity contribution in [3.63, 3.8) is 0 Å². The molecule has 0 bridgehead atoms. The van der Waals surface area contributed by atoms with Gasteiger partial charge in [-0.05, 0) is 18.4 Å². The monoisotopic (exact) mass is 388 g/mol. The third-order valence-electron chi connectivity index (χ3n) is 5.24. The molecule has 1 aromatic rings. The van der Waals surface area contributed by atoms with Gasteiger partial charge in [0.2, 0.25) is 18.2 Å². The maximum absolute atomic E-state index is 13.1. The van der Waals surface area contributed by atoms with Gasteiger partial charge in [0.05, 0.1) is 13.1 Å². The van der Waals surface area contributed by atoms with Crippen LogP contribution in [0.15, 0.2) is 30.3 Å². The normalized spacial score (nSPS) is 23.0. The molecule has 1 unspecified atom stereocenters. The zero-order valence-electron chi connectivity index (χ0n) is 15.7. The fourth-order valence-corrected chi connectivity index (χ4v) is 3.83. The summed E-state index contributed by atoms with van der Waals surface area (Å²) in [4.78, 5) is 51.4. The first-order valence-electron chi connectivity index (χ1n) is 9.22. The van der Waals surface area contributed by atoms with Gasteiger partial charge >= 0.3 is 5.97 Å². The van der Waals surface area contributed by atoms with Crippen LogP contribution in [0.5, 0.6) is 0 Å². The Hall–Kier alpha value is -2.94. The first kappa shape index (κ1) is 19.8. The van der Waals surface area contributed by atoms with Crippen LogP contribution < -0.4 is 0 Å². The van der Waals surface area contributed by atoms with Gasteiger partial charge in [-0.2, -0.15) is 0 Å². The molecule has 2 aliphatic heterocycles. The van der Waals surface area contributed by atoms with Gasteiger partial charge in [0, 0.05) is 20.0 Å². The van der Waals surface area contributed by atoms with Crippen LogP contribution in [0.4, 0.5) is 0 Å². The third-order valence-corrected chi connectivity index (χ3v) is 5.24. The summed E-state index contributed by atoms with van der Waals surface area (Å²) in [5, 5.41) is 12.0. The lowest BCUT2D eigenvalue weighted by Crippen LogP contribution is -2.74. The zero-order chi connectivity index (χ0) is 20.3. The van der Waals surface area contributed by atoms with Crippen LogP contribution in [0.3, 0.4) is 0 Å². The molecule has 3 rings (SSSR count). The molecule has 150 valence electrons. The molecule has 0 saturated carbocycles. The van der Waals surface area contributed by atoms with E-state index >= 15 is 0 Å². The molecule has 3 amide bonds. The van der Waals surface area contributed by atoms with Crippen molar-refractivity contribution in [2.24, 2.45) is 0 Å². The van der Waals surface area contributed by atoms with Crippen molar-refractivity contribution in [3.05, 3.63) is 35.9 Å². The number of carbonyl (C=O) groups is 4. The number of likely N-dealkylation sites (N-methyl/N-ethyl adjacent to an activating group) is 1. The predicted octanol–water partition coefficient (Wildman–Crippen LogP) is -0.222. The van der Waals surface area contributed by atoms with E-state index in [1.54, 1.807) is 11.9 Å². The maximum atomic E-state index is 13.1. The molecule has 0 aliphatic carbocycles. The standard InChI is InChI=1S/C19H24N4O5/c1-20-12-17(25)23-15(7-8-18(26)27)19(28)21(11-16(23)22(20)13-24)10-9-14-5-3-2-4-6-14/h2-6,13,15-16H,7-12H2,1H3,(H,26,27)/t15?,16-/m1/s1. The molecular weight excluding hydrogens is 364 g/mol. The average molecular weight is 388 g/mol. The Balaban J connectivity index is 1.83. The van der Waals surface area contributed by atoms with Crippen molar-refractivity contribution in [3.8, 4) is 0 Å². The van der Waals surface area contributed by atoms with E-state index in [2.05, 4.69) is 0 Å². The second-order valence-electron chi connectivity index (χ2n) is 7.05. The number of benzene rings is 1. The Labute approximate surface area is 163 Å². The average Bonchev–Trinajstić information content (AvgIpc) is 2.67. The smallest absolute Gasteiger partial charge is 0.303 e. The lowest BCUT2D eigenvalue weighted by molar-refractivity contribution is -0.197. The molecule has 9 heteroatoms. The fourth-order valence-electron chi connectivity index (χ4n) is 3.83. The summed E-state index contributed by atoms with van der Waals surface area (Å²) >= 11 is 0. The largest absolute Gasteiger partial charge is 0.481 e. The van der Waals surface area contributed by atoms with Crippen molar-refractivity contribution in [1.29, 1.82) is 0 Å². The molecule has 2 fully saturated rings. The van der Waals surface area contributed by atoms with E-state index in [0.29, 0.717) is 19.4 Å². The molecular formula is C19H24N4O5. The SMILES string of the molecule is CN1CC(=O)N2C(CCC(=O)O)C(=O)N(CCc3ccccc3)C[C@@H]2N1C=O. The number of carbonyl (C=O) groups excluding carboxylic acids is 3. The minimum atomic E-state index is -1.03. The molecule has 2 atom stereocenters. The highest BCUT2D eigenvalue weighted by molar-refractivity contribution is 5.91. The highest BCUT2D eigenvalue weighted by atomic mass is 16.4. The molecule has 1 aromatic carbocycles. The van der Waals surface area contributed by atoms with E-state index in [4.69, 9.17) is 5.11 Å². The first-order chi connectivity index (χ1) is 13.4. The maximum Gasteiger partial charge on any atom is 0.303 e. The number of hydrogen-bond acceptors (Lipinski definition) is 5. The topological polar surface area (TPSA) is 101 Å². The number of carboxylic acid groups (broad SMARTS) is 1. The minimum absolute atomic E-state index is 0.0225. The van der Waals surface area contributed by atoms with E-state index in [1.807, 2.05) is 30.3 Å². The van der Waals surface area contributed by atoms with Gasteiger partial charge in [0.25, 0.3) is 0 Å². The van der Waals surface area contributed by atoms with Crippen molar-refractivity contribution >= 4 is 24.2 Å². The number of piperazine rings is 1. The molecule has 2 saturated heterocycles. The van der Waals surface area contributed by atoms with Crippen molar-refractivity contribution < 1.29 is 24.3 Å². The van der Waals surface area contributed by atoms with Crippen molar-refractivity contribution in [2.75, 3.05) is 26.7 Å². The van der Waals surface area contributed by atoms with Crippen LogP contribution in [0.25, 0.3) is 0 Å². The highest BCUT2D eigenvalue weighted by Crippen LogP contribution is 2.27. The molecule has 2 heterocycles. The third kappa shape index (κ3) is 3.99. The van der Waals surface area contributed by atoms with Crippen LogP contribution >= 0.6 is 0 Å². The molecule has 2 aliphatic rings. The minimum Gasteiger partial charge on any atom is -0.481 e. The predicted molar refractivity (Wildman–Crippen MR) is 98.6 cm³/mol. The fraction of sp³-hybridized carbons (Fsp3) is 0.474. The van der Waals surface area contributed by atoms with Gasteiger partial charge in [-0.15, -0.1) is 0 Å². The first-order valence-corrected chi connectivity index (χ1v) is 9.22. The summed E-state index contributed by atoms with van der Waals surface area (Å²) in [5.41, 5.74) is 1.07. The van der Waals surface area contributed by atoms with Crippen LogP contribution in [-0.4, -0.2) is 88.0 Å². The number of hydrogen-bond donors (Lipinski definition) is 1. The summed E-state index contributed by atoms with van der Waals surface area (Å²) in [5.74, 6) is -1.58. The highest BCUT2D eigenvalue weighted by Gasteiger charge is 2.48. The number of aliphatic carboxylic acids is 1. The van der Waals surface area contributed by atoms with Gasteiger partial charge in [0.1, 0.15) is 12.2 Å². The number of carboxylic acids is 1. The van der Waals surface area contributed by atoms with Crippen molar-refractivity contribution in [1.82, 2.24) is 19.8 Å². The van der Waals surface area contributed by atoms with Gasteiger partial charge in [0.15, 0.2) is 0 Å².